The lowest BCUT2D eigenvalue weighted by molar-refractivity contribution is 0.214. The summed E-state index contributed by atoms with van der Waals surface area (Å²) in [5.41, 5.74) is 0.848. The Labute approximate surface area is 101 Å². The second-order valence-electron chi connectivity index (χ2n) is 3.73. The van der Waals surface area contributed by atoms with Crippen LogP contribution in [-0.4, -0.2) is 30.5 Å². The largest absolute Gasteiger partial charge is 0.496 e. The summed E-state index contributed by atoms with van der Waals surface area (Å²) < 4.78 is 10.6. The van der Waals surface area contributed by atoms with Crippen molar-refractivity contribution in [3.05, 3.63) is 29.7 Å². The van der Waals surface area contributed by atoms with Crippen molar-refractivity contribution in [2.45, 2.75) is 19.4 Å². The average Bonchev–Trinajstić information content (AvgIpc) is 2.90. The van der Waals surface area contributed by atoms with Gasteiger partial charge in [-0.25, -0.2) is 0 Å². The molecule has 0 amide bonds. The Morgan fingerprint density at radius 2 is 2.35 bits per heavy atom. The molecule has 1 aromatic rings. The third-order valence-electron chi connectivity index (χ3n) is 2.59. The number of rotatable bonds is 5. The Morgan fingerprint density at radius 3 is 2.88 bits per heavy atom. The van der Waals surface area contributed by atoms with E-state index in [1.807, 2.05) is 12.1 Å². The summed E-state index contributed by atoms with van der Waals surface area (Å²) in [7, 11) is 1.58. The molecule has 1 aliphatic rings. The predicted molar refractivity (Wildman–Crippen MR) is 63.7 cm³/mol. The van der Waals surface area contributed by atoms with Gasteiger partial charge in [0.2, 0.25) is 5.88 Å². The summed E-state index contributed by atoms with van der Waals surface area (Å²) >= 11 is 0. The van der Waals surface area contributed by atoms with Crippen LogP contribution in [0.5, 0.6) is 5.88 Å². The summed E-state index contributed by atoms with van der Waals surface area (Å²) in [6.45, 7) is 3.65. The van der Waals surface area contributed by atoms with Crippen LogP contribution in [0.3, 0.4) is 0 Å². The lowest BCUT2D eigenvalue weighted by Gasteiger charge is -2.18. The van der Waals surface area contributed by atoms with Gasteiger partial charge in [0.05, 0.1) is 19.4 Å². The SMILES string of the molecule is CCNC(C1=CCCO1)c1ccc(OC)nn1. The van der Waals surface area contributed by atoms with Crippen LogP contribution >= 0.6 is 0 Å². The van der Waals surface area contributed by atoms with Crippen LogP contribution in [0.15, 0.2) is 24.0 Å². The molecular formula is C12H17N3O2. The molecule has 1 atom stereocenters. The molecule has 0 saturated carbocycles. The van der Waals surface area contributed by atoms with Crippen LogP contribution < -0.4 is 10.1 Å². The van der Waals surface area contributed by atoms with Crippen molar-refractivity contribution >= 4 is 0 Å². The molecule has 0 spiro atoms. The third kappa shape index (κ3) is 2.74. The molecule has 0 fully saturated rings. The van der Waals surface area contributed by atoms with Crippen molar-refractivity contribution in [2.75, 3.05) is 20.3 Å². The quantitative estimate of drug-likeness (QED) is 0.837. The normalized spacial score (nSPS) is 16.2. The summed E-state index contributed by atoms with van der Waals surface area (Å²) in [6.07, 6.45) is 3.06. The summed E-state index contributed by atoms with van der Waals surface area (Å²) in [5.74, 6) is 1.46. The smallest absolute Gasteiger partial charge is 0.233 e. The first-order valence-electron chi connectivity index (χ1n) is 5.79. The number of aromatic nitrogens is 2. The molecule has 0 saturated heterocycles. The van der Waals surface area contributed by atoms with Gasteiger partial charge in [-0.1, -0.05) is 6.92 Å². The number of nitrogens with one attached hydrogen (secondary N) is 1. The van der Waals surface area contributed by atoms with E-state index >= 15 is 0 Å². The average molecular weight is 235 g/mol. The molecule has 1 aliphatic heterocycles. The van der Waals surface area contributed by atoms with E-state index in [1.54, 1.807) is 7.11 Å². The topological polar surface area (TPSA) is 56.3 Å². The van der Waals surface area contributed by atoms with Gasteiger partial charge in [0.1, 0.15) is 11.8 Å². The van der Waals surface area contributed by atoms with Gasteiger partial charge in [0.15, 0.2) is 0 Å². The van der Waals surface area contributed by atoms with Gasteiger partial charge >= 0.3 is 0 Å². The Bertz CT molecular complexity index is 389. The number of ether oxygens (including phenoxy) is 2. The van der Waals surface area contributed by atoms with Gasteiger partial charge in [-0.15, -0.1) is 10.2 Å². The van der Waals surface area contributed by atoms with E-state index in [1.165, 1.54) is 0 Å². The summed E-state index contributed by atoms with van der Waals surface area (Å²) in [6, 6.07) is 3.70. The minimum Gasteiger partial charge on any atom is -0.496 e. The maximum absolute atomic E-state index is 5.58. The van der Waals surface area contributed by atoms with Gasteiger partial charge in [-0.2, -0.15) is 0 Å². The highest BCUT2D eigenvalue weighted by atomic mass is 16.5. The molecule has 1 N–H and O–H groups in total. The summed E-state index contributed by atoms with van der Waals surface area (Å²) in [4.78, 5) is 0. The fourth-order valence-electron chi connectivity index (χ4n) is 1.79. The van der Waals surface area contributed by atoms with E-state index in [9.17, 15) is 0 Å². The number of methoxy groups -OCH3 is 1. The van der Waals surface area contributed by atoms with Gasteiger partial charge in [0, 0.05) is 12.5 Å². The molecule has 1 aromatic heterocycles. The molecular weight excluding hydrogens is 218 g/mol. The predicted octanol–water partition coefficient (Wildman–Crippen LogP) is 1.44. The highest BCUT2D eigenvalue weighted by Crippen LogP contribution is 2.25. The molecule has 2 heterocycles. The van der Waals surface area contributed by atoms with Gasteiger partial charge in [0.25, 0.3) is 0 Å². The van der Waals surface area contributed by atoms with Crippen LogP contribution in [0.4, 0.5) is 0 Å². The maximum Gasteiger partial charge on any atom is 0.233 e. The van der Waals surface area contributed by atoms with Gasteiger partial charge in [-0.05, 0) is 18.7 Å². The second-order valence-corrected chi connectivity index (χ2v) is 3.73. The van der Waals surface area contributed by atoms with Crippen LogP contribution in [0.1, 0.15) is 25.1 Å². The van der Waals surface area contributed by atoms with E-state index in [2.05, 4.69) is 28.5 Å². The van der Waals surface area contributed by atoms with Gasteiger partial charge in [-0.3, -0.25) is 0 Å². The van der Waals surface area contributed by atoms with E-state index in [4.69, 9.17) is 9.47 Å². The first kappa shape index (κ1) is 11.9. The molecule has 5 heteroatoms. The Kier molecular flexibility index (Phi) is 3.93. The van der Waals surface area contributed by atoms with Crippen LogP contribution in [-0.2, 0) is 4.74 Å². The van der Waals surface area contributed by atoms with E-state index in [-0.39, 0.29) is 6.04 Å². The van der Waals surface area contributed by atoms with Crippen molar-refractivity contribution in [3.63, 3.8) is 0 Å². The van der Waals surface area contributed by atoms with E-state index < -0.39 is 0 Å². The van der Waals surface area contributed by atoms with Crippen molar-refractivity contribution < 1.29 is 9.47 Å². The van der Waals surface area contributed by atoms with Gasteiger partial charge < -0.3 is 14.8 Å². The molecule has 0 aliphatic carbocycles. The monoisotopic (exact) mass is 235 g/mol. The van der Waals surface area contributed by atoms with Crippen molar-refractivity contribution in [1.82, 2.24) is 15.5 Å². The lowest BCUT2D eigenvalue weighted by Crippen LogP contribution is -2.24. The standard InChI is InChI=1S/C12H17N3O2/c1-3-13-12(10-5-4-8-17-10)9-6-7-11(16-2)15-14-9/h5-7,12-13H,3-4,8H2,1-2H3. The highest BCUT2D eigenvalue weighted by Gasteiger charge is 2.21. The molecule has 0 radical (unpaired) electrons. The molecule has 2 rings (SSSR count). The molecule has 1 unspecified atom stereocenters. The first-order valence-corrected chi connectivity index (χ1v) is 5.79. The Hall–Kier alpha value is -1.62. The molecule has 0 bridgehead atoms. The van der Waals surface area contributed by atoms with Crippen molar-refractivity contribution in [3.8, 4) is 5.88 Å². The maximum atomic E-state index is 5.58. The van der Waals surface area contributed by atoms with E-state index in [0.717, 1.165) is 31.0 Å². The number of hydrogen-bond acceptors (Lipinski definition) is 5. The Balaban J connectivity index is 2.19. The van der Waals surface area contributed by atoms with Crippen LogP contribution in [0, 0.1) is 0 Å². The third-order valence-corrected chi connectivity index (χ3v) is 2.59. The van der Waals surface area contributed by atoms with Crippen LogP contribution in [0.2, 0.25) is 0 Å². The minimum atomic E-state index is -0.0130. The zero-order chi connectivity index (χ0) is 12.1. The first-order chi connectivity index (χ1) is 8.35. The fourth-order valence-corrected chi connectivity index (χ4v) is 1.79. The second kappa shape index (κ2) is 5.63. The molecule has 92 valence electrons. The van der Waals surface area contributed by atoms with Crippen molar-refractivity contribution in [2.24, 2.45) is 0 Å². The fraction of sp³-hybridized carbons (Fsp3) is 0.500. The van der Waals surface area contributed by atoms with E-state index in [0.29, 0.717) is 5.88 Å². The zero-order valence-corrected chi connectivity index (χ0v) is 10.1. The molecule has 5 nitrogen and oxygen atoms in total. The summed E-state index contributed by atoms with van der Waals surface area (Å²) in [5, 5.41) is 11.5. The lowest BCUT2D eigenvalue weighted by atomic mass is 10.1. The highest BCUT2D eigenvalue weighted by molar-refractivity contribution is 5.21. The van der Waals surface area contributed by atoms with Crippen LogP contribution in [0.25, 0.3) is 0 Å². The number of nitrogens with zero attached hydrogens (tertiary/aromatic N) is 2. The molecule has 0 aromatic carbocycles. The van der Waals surface area contributed by atoms with Crippen molar-refractivity contribution in [1.29, 1.82) is 0 Å². The number of hydrogen-bond donors (Lipinski definition) is 1. The Morgan fingerprint density at radius 1 is 1.47 bits per heavy atom. The zero-order valence-electron chi connectivity index (χ0n) is 10.1. The minimum absolute atomic E-state index is 0.0130. The number of likely N-dealkylation sites (N-methyl/N-ethyl adjacent to an activating group) is 1. The molecule has 17 heavy (non-hydrogen) atoms.